The highest BCUT2D eigenvalue weighted by atomic mass is 79.9. The van der Waals surface area contributed by atoms with Gasteiger partial charge in [-0.15, -0.1) is 0 Å². The molecule has 0 unspecified atom stereocenters. The van der Waals surface area contributed by atoms with Gasteiger partial charge in [-0.3, -0.25) is 0 Å². The van der Waals surface area contributed by atoms with Crippen LogP contribution in [0.3, 0.4) is 0 Å². The van der Waals surface area contributed by atoms with E-state index in [9.17, 15) is 8.42 Å². The van der Waals surface area contributed by atoms with E-state index >= 15 is 0 Å². The summed E-state index contributed by atoms with van der Waals surface area (Å²) in [5.74, 6) is 0. The van der Waals surface area contributed by atoms with Gasteiger partial charge in [0.05, 0.1) is 16.5 Å². The Labute approximate surface area is 169 Å². The number of benzene rings is 2. The molecule has 0 aliphatic heterocycles. The summed E-state index contributed by atoms with van der Waals surface area (Å²) < 4.78 is 28.3. The normalized spacial score (nSPS) is 12.2. The lowest BCUT2D eigenvalue weighted by Crippen LogP contribution is -2.12. The number of hydrogen-bond donors (Lipinski definition) is 0. The maximum absolute atomic E-state index is 13.2. The molecule has 0 aliphatic rings. The zero-order valence-electron chi connectivity index (χ0n) is 14.6. The molecule has 28 heavy (non-hydrogen) atoms. The number of fused-ring (bicyclic) bond motifs is 1. The van der Waals surface area contributed by atoms with Crippen molar-refractivity contribution in [3.8, 4) is 0 Å². The van der Waals surface area contributed by atoms with E-state index in [4.69, 9.17) is 11.1 Å². The Balaban J connectivity index is 2.28. The third-order valence-corrected chi connectivity index (χ3v) is 6.39. The summed E-state index contributed by atoms with van der Waals surface area (Å²) in [6.45, 7) is 1.75. The van der Waals surface area contributed by atoms with Gasteiger partial charge >= 0.3 is 0 Å². The van der Waals surface area contributed by atoms with Crippen LogP contribution in [0.25, 0.3) is 31.8 Å². The number of halogens is 1. The Hall–Kier alpha value is -2.97. The summed E-state index contributed by atoms with van der Waals surface area (Å²) in [6.07, 6.45) is 1.42. The minimum Gasteiger partial charge on any atom is -0.241 e. The van der Waals surface area contributed by atoms with Crippen LogP contribution in [0.1, 0.15) is 17.2 Å². The molecular weight excluding hydrogens is 446 g/mol. The Morgan fingerprint density at radius 2 is 1.86 bits per heavy atom. The van der Waals surface area contributed by atoms with Crippen molar-refractivity contribution in [3.05, 3.63) is 85.1 Å². The fraction of sp³-hybridized carbons (Fsp3) is 0.176. The molecule has 0 amide bonds. The van der Waals surface area contributed by atoms with Crippen molar-refractivity contribution in [1.29, 1.82) is 0 Å². The van der Waals surface area contributed by atoms with Gasteiger partial charge in [-0.05, 0) is 47.8 Å². The average Bonchev–Trinajstić information content (AvgIpc) is 3.04. The molecule has 0 bridgehead atoms. The molecule has 3 rings (SSSR count). The molecule has 3 aromatic rings. The molecule has 0 saturated carbocycles. The Morgan fingerprint density at radius 3 is 2.50 bits per heavy atom. The van der Waals surface area contributed by atoms with Crippen LogP contribution < -0.4 is 0 Å². The van der Waals surface area contributed by atoms with Crippen LogP contribution in [-0.4, -0.2) is 18.9 Å². The average molecular weight is 460 g/mol. The minimum absolute atomic E-state index is 0.125. The number of nitrogens with zero attached hydrogens (tertiary/aromatic N) is 7. The lowest BCUT2D eigenvalue weighted by Gasteiger charge is -2.08. The molecule has 0 saturated heterocycles. The number of aromatic nitrogens is 1. The van der Waals surface area contributed by atoms with Gasteiger partial charge < -0.3 is 0 Å². The molecule has 1 atom stereocenters. The smallest absolute Gasteiger partial charge is 0.241 e. The predicted molar refractivity (Wildman–Crippen MR) is 109 cm³/mol. The maximum atomic E-state index is 13.2. The zero-order valence-corrected chi connectivity index (χ0v) is 17.0. The summed E-state index contributed by atoms with van der Waals surface area (Å²) in [6, 6.07) is 10.9. The first-order valence-corrected chi connectivity index (χ1v) is 10.3. The first-order valence-electron chi connectivity index (χ1n) is 8.06. The molecule has 0 N–H and O–H groups in total. The lowest BCUT2D eigenvalue weighted by atomic mass is 10.1. The van der Waals surface area contributed by atoms with Gasteiger partial charge in [-0.2, -0.15) is 0 Å². The summed E-state index contributed by atoms with van der Waals surface area (Å²) in [4.78, 5) is 5.64. The van der Waals surface area contributed by atoms with E-state index in [-0.39, 0.29) is 11.4 Å². The van der Waals surface area contributed by atoms with Crippen LogP contribution in [0.4, 0.5) is 0 Å². The fourth-order valence-electron chi connectivity index (χ4n) is 2.86. The molecule has 0 spiro atoms. The molecule has 11 heteroatoms. The first kappa shape index (κ1) is 19.8. The van der Waals surface area contributed by atoms with Crippen LogP contribution in [-0.2, 0) is 10.0 Å². The second-order valence-corrected chi connectivity index (χ2v) is 8.72. The largest absolute Gasteiger partial charge is 0.268 e. The predicted octanol–water partition coefficient (Wildman–Crippen LogP) is 5.61. The number of hydrogen-bond acceptors (Lipinski definition) is 4. The van der Waals surface area contributed by atoms with Crippen LogP contribution in [0.2, 0.25) is 0 Å². The van der Waals surface area contributed by atoms with E-state index in [1.165, 1.54) is 6.20 Å². The quantitative estimate of drug-likeness (QED) is 0.268. The highest BCUT2D eigenvalue weighted by Crippen LogP contribution is 2.33. The molecule has 2 aromatic carbocycles. The number of rotatable bonds is 6. The van der Waals surface area contributed by atoms with Crippen molar-refractivity contribution in [3.63, 3.8) is 0 Å². The third kappa shape index (κ3) is 3.69. The highest BCUT2D eigenvalue weighted by Gasteiger charge is 2.24. The molecule has 0 aliphatic carbocycles. The van der Waals surface area contributed by atoms with E-state index in [0.29, 0.717) is 20.9 Å². The van der Waals surface area contributed by atoms with Gasteiger partial charge in [0.1, 0.15) is 0 Å². The highest BCUT2D eigenvalue weighted by molar-refractivity contribution is 9.10. The Bertz CT molecular complexity index is 1240. The molecule has 142 valence electrons. The molecule has 0 radical (unpaired) electrons. The molecule has 1 heterocycles. The van der Waals surface area contributed by atoms with Crippen molar-refractivity contribution in [1.82, 2.24) is 3.97 Å². The second kappa shape index (κ2) is 7.95. The van der Waals surface area contributed by atoms with Crippen LogP contribution >= 0.6 is 15.9 Å². The van der Waals surface area contributed by atoms with Crippen molar-refractivity contribution in [2.45, 2.75) is 17.9 Å². The topological polar surface area (TPSA) is 137 Å². The minimum atomic E-state index is -3.89. The lowest BCUT2D eigenvalue weighted by molar-refractivity contribution is 0.588. The zero-order chi connectivity index (χ0) is 20.3. The maximum Gasteiger partial charge on any atom is 0.268 e. The molecule has 0 fully saturated rings. The van der Waals surface area contributed by atoms with Gasteiger partial charge in [-0.1, -0.05) is 49.9 Å². The van der Waals surface area contributed by atoms with Gasteiger partial charge in [0.25, 0.3) is 10.0 Å². The Morgan fingerprint density at radius 1 is 1.14 bits per heavy atom. The number of azide groups is 2. The van der Waals surface area contributed by atoms with Crippen molar-refractivity contribution < 1.29 is 8.42 Å². The van der Waals surface area contributed by atoms with Crippen molar-refractivity contribution >= 4 is 36.9 Å². The monoisotopic (exact) mass is 459 g/mol. The standard InChI is InChI=1S/C17H14BrN7O2S/c1-11-2-5-13(6-3-11)28(26,27)25-10-15(16(22-24-20)9-21-23-19)14-7-4-12(18)8-17(14)25/h2-8,10,16H,9H2,1H3/t16-/m1/s1. The number of aryl methyl sites for hydroxylation is 1. The molecular formula is C17H14BrN7O2S. The molecule has 1 aromatic heterocycles. The van der Waals surface area contributed by atoms with E-state index in [1.54, 1.807) is 42.5 Å². The third-order valence-electron chi connectivity index (χ3n) is 4.21. The van der Waals surface area contributed by atoms with Crippen LogP contribution in [0, 0.1) is 6.92 Å². The van der Waals surface area contributed by atoms with E-state index in [2.05, 4.69) is 36.0 Å². The van der Waals surface area contributed by atoms with Crippen LogP contribution in [0.15, 0.2) is 68.3 Å². The summed E-state index contributed by atoms with van der Waals surface area (Å²) in [5.41, 5.74) is 19.3. The van der Waals surface area contributed by atoms with E-state index in [1.807, 2.05) is 6.92 Å². The van der Waals surface area contributed by atoms with E-state index in [0.717, 1.165) is 9.54 Å². The van der Waals surface area contributed by atoms with Gasteiger partial charge in [-0.25, -0.2) is 12.4 Å². The molecule has 9 nitrogen and oxygen atoms in total. The Kier molecular flexibility index (Phi) is 5.62. The van der Waals surface area contributed by atoms with Gasteiger partial charge in [0, 0.05) is 32.4 Å². The first-order chi connectivity index (χ1) is 13.4. The fourth-order valence-corrected chi connectivity index (χ4v) is 4.58. The SMILES string of the molecule is Cc1ccc(S(=O)(=O)n2cc([C@@H](CN=[N+]=[N-])N=[N+]=[N-])c3ccc(Br)cc32)cc1. The van der Waals surface area contributed by atoms with Crippen molar-refractivity contribution in [2.24, 2.45) is 10.2 Å². The van der Waals surface area contributed by atoms with E-state index < -0.39 is 16.1 Å². The van der Waals surface area contributed by atoms with Gasteiger partial charge in [0.2, 0.25) is 0 Å². The van der Waals surface area contributed by atoms with Crippen molar-refractivity contribution in [2.75, 3.05) is 6.54 Å². The summed E-state index contributed by atoms with van der Waals surface area (Å²) in [5, 5.41) is 7.75. The second-order valence-electron chi connectivity index (χ2n) is 5.99. The summed E-state index contributed by atoms with van der Waals surface area (Å²) in [7, 11) is -3.89. The van der Waals surface area contributed by atoms with Crippen LogP contribution in [0.5, 0.6) is 0 Å². The summed E-state index contributed by atoms with van der Waals surface area (Å²) >= 11 is 3.36. The van der Waals surface area contributed by atoms with Gasteiger partial charge in [0.15, 0.2) is 0 Å².